The number of aromatic nitrogens is 4. The lowest BCUT2D eigenvalue weighted by atomic mass is 10.0. The number of thiazole rings is 1. The first-order valence-electron chi connectivity index (χ1n) is 16.8. The number of amides is 2. The van der Waals surface area contributed by atoms with Gasteiger partial charge in [0.15, 0.2) is 6.29 Å². The van der Waals surface area contributed by atoms with Crippen molar-refractivity contribution in [1.29, 1.82) is 0 Å². The number of likely N-dealkylation sites (N-methyl/N-ethyl adjacent to an activating group) is 1. The van der Waals surface area contributed by atoms with Crippen LogP contribution in [0.3, 0.4) is 0 Å². The van der Waals surface area contributed by atoms with Crippen molar-refractivity contribution >= 4 is 39.5 Å². The molecule has 2 N–H and O–H groups in total. The van der Waals surface area contributed by atoms with E-state index in [1.165, 1.54) is 16.1 Å². The molecule has 1 aliphatic heterocycles. The van der Waals surface area contributed by atoms with E-state index in [0.717, 1.165) is 24.7 Å². The van der Waals surface area contributed by atoms with E-state index in [1.807, 2.05) is 41.8 Å². The summed E-state index contributed by atoms with van der Waals surface area (Å²) in [5, 5.41) is 14.5. The van der Waals surface area contributed by atoms with Gasteiger partial charge in [0.1, 0.15) is 33.3 Å². The maximum absolute atomic E-state index is 14.3. The van der Waals surface area contributed by atoms with Gasteiger partial charge in [-0.1, -0.05) is 12.2 Å². The third-order valence-corrected chi connectivity index (χ3v) is 12.0. The van der Waals surface area contributed by atoms with Crippen molar-refractivity contribution in [2.75, 3.05) is 27.3 Å². The normalized spacial score (nSPS) is 26.6. The first-order valence-corrected chi connectivity index (χ1v) is 19.2. The molecule has 0 bridgehead atoms. The third kappa shape index (κ3) is 7.98. The lowest BCUT2D eigenvalue weighted by molar-refractivity contribution is -0.138. The Morgan fingerprint density at radius 1 is 1.20 bits per heavy atom. The summed E-state index contributed by atoms with van der Waals surface area (Å²) in [6.07, 6.45) is 9.99. The maximum Gasteiger partial charge on any atom is 0.259 e. The Balaban J connectivity index is 1.29. The molecular weight excluding hydrogens is 683 g/mol. The van der Waals surface area contributed by atoms with Crippen LogP contribution in [0.15, 0.2) is 48.0 Å². The smallest absolute Gasteiger partial charge is 0.259 e. The molecule has 2 aliphatic carbocycles. The molecule has 2 aromatic heterocycles. The molecule has 14 nitrogen and oxygen atoms in total. The number of nitrogens with one attached hydrogen (secondary N) is 2. The summed E-state index contributed by atoms with van der Waals surface area (Å²) in [6.45, 7) is 2.36. The lowest BCUT2D eigenvalue weighted by Crippen LogP contribution is -2.58. The molecule has 3 heterocycles. The first kappa shape index (κ1) is 35.8. The van der Waals surface area contributed by atoms with E-state index < -0.39 is 44.3 Å². The number of aldehydes is 1. The van der Waals surface area contributed by atoms with Gasteiger partial charge in [-0.25, -0.2) is 13.4 Å². The van der Waals surface area contributed by atoms with E-state index in [9.17, 15) is 22.8 Å². The maximum atomic E-state index is 14.3. The zero-order chi connectivity index (χ0) is 35.5. The van der Waals surface area contributed by atoms with Gasteiger partial charge >= 0.3 is 0 Å². The number of ether oxygens (including phenoxy) is 2. The van der Waals surface area contributed by atoms with Gasteiger partial charge in [-0.05, 0) is 83.2 Å². The van der Waals surface area contributed by atoms with Gasteiger partial charge < -0.3 is 19.6 Å². The van der Waals surface area contributed by atoms with Crippen LogP contribution < -0.4 is 14.8 Å². The summed E-state index contributed by atoms with van der Waals surface area (Å²) >= 11 is 1.43. The van der Waals surface area contributed by atoms with Gasteiger partial charge in [0, 0.05) is 36.2 Å². The molecule has 2 fully saturated rings. The van der Waals surface area contributed by atoms with E-state index in [0.29, 0.717) is 48.0 Å². The number of hydrogen-bond donors (Lipinski definition) is 2. The second-order valence-electron chi connectivity index (χ2n) is 13.4. The number of benzene rings is 1. The molecule has 2 saturated carbocycles. The summed E-state index contributed by atoms with van der Waals surface area (Å²) in [5.41, 5.74) is -0.589. The van der Waals surface area contributed by atoms with Crippen LogP contribution in [0.5, 0.6) is 5.75 Å². The molecule has 6 rings (SSSR count). The molecule has 4 atom stereocenters. The van der Waals surface area contributed by atoms with E-state index in [-0.39, 0.29) is 31.8 Å². The Morgan fingerprint density at radius 2 is 1.96 bits per heavy atom. The van der Waals surface area contributed by atoms with E-state index in [2.05, 4.69) is 15.0 Å². The average molecular weight is 726 g/mol. The molecule has 3 aliphatic rings. The predicted molar refractivity (Wildman–Crippen MR) is 187 cm³/mol. The van der Waals surface area contributed by atoms with E-state index in [1.54, 1.807) is 32.2 Å². The van der Waals surface area contributed by atoms with Crippen molar-refractivity contribution in [3.63, 3.8) is 0 Å². The quantitative estimate of drug-likeness (QED) is 0.232. The summed E-state index contributed by atoms with van der Waals surface area (Å²) < 4.78 is 39.1. The Morgan fingerprint density at radius 3 is 2.64 bits per heavy atom. The zero-order valence-electron chi connectivity index (χ0n) is 28.4. The van der Waals surface area contributed by atoms with Crippen LogP contribution >= 0.6 is 11.3 Å². The highest BCUT2D eigenvalue weighted by molar-refractivity contribution is 7.91. The number of sulfonamides is 1. The molecule has 16 heteroatoms. The van der Waals surface area contributed by atoms with Gasteiger partial charge in [-0.2, -0.15) is 15.0 Å². The Labute approximate surface area is 295 Å². The van der Waals surface area contributed by atoms with Crippen molar-refractivity contribution in [3.8, 4) is 27.7 Å². The largest absolute Gasteiger partial charge is 0.497 e. The van der Waals surface area contributed by atoms with Gasteiger partial charge in [0.05, 0.1) is 24.9 Å². The number of methoxy groups -OCH3 is 1. The van der Waals surface area contributed by atoms with Gasteiger partial charge in [0.25, 0.3) is 5.91 Å². The van der Waals surface area contributed by atoms with Gasteiger partial charge in [0.2, 0.25) is 15.9 Å². The summed E-state index contributed by atoms with van der Waals surface area (Å²) in [7, 11) is -0.517. The zero-order valence-corrected chi connectivity index (χ0v) is 30.0. The third-order valence-electron chi connectivity index (χ3n) is 9.43. The standard InChI is InChI=1S/C34H43N7O7S2/c1-33(22-42)21-40(2)27(15-17-41-37-28(23-9-11-25(47-3)12-10-23)29(38-41)31-35-16-19-49-31)30(43)36-34(32(44)39-50(45,46)26-13-14-26)20-24(34)8-6-4-5-7-18-48-33/h6,8-12,16,19,22,24,26-27H,4-5,7,13-15,17-18,20-21H2,1-3H3,(H,36,43)(H,39,44). The van der Waals surface area contributed by atoms with Crippen LogP contribution in [0.2, 0.25) is 0 Å². The fraction of sp³-hybridized carbons (Fsp3) is 0.529. The topological polar surface area (TPSA) is 175 Å². The fourth-order valence-corrected chi connectivity index (χ4v) is 8.27. The Hall–Kier alpha value is -3.99. The number of carbonyl (C=O) groups is 3. The molecule has 3 aromatic rings. The molecule has 4 unspecified atom stereocenters. The van der Waals surface area contributed by atoms with Crippen LogP contribution in [0.1, 0.15) is 51.9 Å². The molecule has 1 aromatic carbocycles. The lowest BCUT2D eigenvalue weighted by Gasteiger charge is -2.34. The molecule has 0 spiro atoms. The van der Waals surface area contributed by atoms with Gasteiger partial charge in [-0.3, -0.25) is 19.2 Å². The van der Waals surface area contributed by atoms with E-state index >= 15 is 0 Å². The molecule has 0 saturated heterocycles. The van der Waals surface area contributed by atoms with Crippen molar-refractivity contribution in [1.82, 2.24) is 34.9 Å². The van der Waals surface area contributed by atoms with Crippen molar-refractivity contribution in [2.24, 2.45) is 5.92 Å². The van der Waals surface area contributed by atoms with E-state index in [4.69, 9.17) is 19.7 Å². The van der Waals surface area contributed by atoms with Crippen LogP contribution in [-0.4, -0.2) is 101 Å². The number of fused-ring (bicyclic) bond motifs is 1. The minimum absolute atomic E-state index is 0.0967. The number of rotatable bonds is 10. The minimum Gasteiger partial charge on any atom is -0.497 e. The van der Waals surface area contributed by atoms with Crippen molar-refractivity contribution < 1.29 is 32.3 Å². The SMILES string of the molecule is COc1ccc(-c2nn(CCC3C(=O)NC4(C(=O)NS(=O)(=O)C5CC5)CC4C=CCCCCOC(C)(C=O)CN3C)nc2-c2nccs2)cc1. The number of aryl methyl sites for hydroxylation is 1. The second kappa shape index (κ2) is 14.7. The van der Waals surface area contributed by atoms with Crippen molar-refractivity contribution in [2.45, 2.75) is 80.8 Å². The minimum atomic E-state index is -3.84. The first-order chi connectivity index (χ1) is 24.0. The molecule has 0 radical (unpaired) electrons. The van der Waals surface area contributed by atoms with Gasteiger partial charge in [-0.15, -0.1) is 11.3 Å². The Kier molecular flexibility index (Phi) is 10.5. The second-order valence-corrected chi connectivity index (χ2v) is 16.3. The predicted octanol–water partition coefficient (Wildman–Crippen LogP) is 2.97. The monoisotopic (exact) mass is 725 g/mol. The fourth-order valence-electron chi connectivity index (χ4n) is 6.28. The van der Waals surface area contributed by atoms with Crippen molar-refractivity contribution in [3.05, 3.63) is 48.0 Å². The van der Waals surface area contributed by atoms with Crippen LogP contribution in [0, 0.1) is 5.92 Å². The Bertz CT molecular complexity index is 1830. The molecule has 2 amide bonds. The van der Waals surface area contributed by atoms with Crippen LogP contribution in [0.25, 0.3) is 22.0 Å². The molecular formula is C34H43N7O7S2. The number of nitrogens with zero attached hydrogens (tertiary/aromatic N) is 5. The summed E-state index contributed by atoms with van der Waals surface area (Å²) in [5.74, 6) is -0.876. The highest BCUT2D eigenvalue weighted by atomic mass is 32.2. The molecule has 50 heavy (non-hydrogen) atoms. The molecule has 268 valence electrons. The van der Waals surface area contributed by atoms with Crippen LogP contribution in [0.4, 0.5) is 0 Å². The highest BCUT2D eigenvalue weighted by Gasteiger charge is 2.61. The highest BCUT2D eigenvalue weighted by Crippen LogP contribution is 2.46. The average Bonchev–Trinajstić information content (AvgIpc) is 3.96. The number of carbonyl (C=O) groups excluding carboxylic acids is 3. The van der Waals surface area contributed by atoms with Crippen LogP contribution in [-0.2, 0) is 35.7 Å². The number of allylic oxidation sites excluding steroid dienone is 1. The number of hydrogen-bond acceptors (Lipinski definition) is 12. The summed E-state index contributed by atoms with van der Waals surface area (Å²) in [4.78, 5) is 47.9. The summed E-state index contributed by atoms with van der Waals surface area (Å²) in [6, 6.07) is 6.59.